The van der Waals surface area contributed by atoms with Crippen LogP contribution in [-0.2, 0) is 10.1 Å². The van der Waals surface area contributed by atoms with Gasteiger partial charge in [0.15, 0.2) is 0 Å². The Morgan fingerprint density at radius 1 is 1.00 bits per heavy atom. The van der Waals surface area contributed by atoms with Gasteiger partial charge in [0, 0.05) is 22.9 Å². The Hall–Kier alpha value is -3.37. The molecule has 0 aliphatic heterocycles. The molecule has 3 aromatic rings. The van der Waals surface area contributed by atoms with Crippen LogP contribution in [0, 0.1) is 10.1 Å². The van der Waals surface area contributed by atoms with Crippen LogP contribution in [0.15, 0.2) is 69.7 Å². The third-order valence-electron chi connectivity index (χ3n) is 3.64. The van der Waals surface area contributed by atoms with Gasteiger partial charge in [-0.1, -0.05) is 24.3 Å². The van der Waals surface area contributed by atoms with Crippen molar-refractivity contribution >= 4 is 43.6 Å². The number of nitrogens with two attached hydrogens (primary N) is 1. The Labute approximate surface area is 147 Å². The van der Waals surface area contributed by atoms with Gasteiger partial charge in [-0.15, -0.1) is 5.11 Å². The van der Waals surface area contributed by atoms with Crippen molar-refractivity contribution in [2.24, 2.45) is 10.2 Å². The molecule has 3 aromatic carbocycles. The lowest BCUT2D eigenvalue weighted by atomic mass is 10.1. The predicted octanol–water partition coefficient (Wildman–Crippen LogP) is 3.99. The fourth-order valence-corrected chi connectivity index (χ4v) is 3.12. The molecule has 0 amide bonds. The Morgan fingerprint density at radius 3 is 2.19 bits per heavy atom. The van der Waals surface area contributed by atoms with E-state index in [1.165, 1.54) is 30.3 Å². The molecule has 0 aliphatic carbocycles. The highest BCUT2D eigenvalue weighted by Crippen LogP contribution is 2.36. The maximum atomic E-state index is 11.7. The number of non-ortho nitro benzene ring substituents is 1. The number of hydrogen-bond donors (Lipinski definition) is 2. The molecule has 10 heteroatoms. The molecular weight excluding hydrogens is 360 g/mol. The van der Waals surface area contributed by atoms with Gasteiger partial charge in [-0.05, 0) is 18.2 Å². The summed E-state index contributed by atoms with van der Waals surface area (Å²) < 4.78 is 32.8. The van der Waals surface area contributed by atoms with Crippen LogP contribution in [-0.4, -0.2) is 17.9 Å². The number of nitro groups is 1. The van der Waals surface area contributed by atoms with Gasteiger partial charge in [0.1, 0.15) is 10.6 Å². The van der Waals surface area contributed by atoms with Crippen LogP contribution in [0.2, 0.25) is 0 Å². The molecule has 0 spiro atoms. The lowest BCUT2D eigenvalue weighted by Crippen LogP contribution is -2.01. The molecule has 0 radical (unpaired) electrons. The molecular formula is C16H12N4O5S. The minimum atomic E-state index is -4.50. The first-order valence-electron chi connectivity index (χ1n) is 7.22. The average molecular weight is 372 g/mol. The molecule has 0 heterocycles. The Kier molecular flexibility index (Phi) is 4.36. The lowest BCUT2D eigenvalue weighted by molar-refractivity contribution is -0.384. The van der Waals surface area contributed by atoms with E-state index in [1.807, 2.05) is 0 Å². The van der Waals surface area contributed by atoms with Gasteiger partial charge < -0.3 is 5.73 Å². The molecule has 26 heavy (non-hydrogen) atoms. The maximum absolute atomic E-state index is 11.7. The monoisotopic (exact) mass is 372 g/mol. The number of benzene rings is 3. The summed E-state index contributed by atoms with van der Waals surface area (Å²) in [7, 11) is -4.50. The first kappa shape index (κ1) is 17.5. The lowest BCUT2D eigenvalue weighted by Gasteiger charge is -2.09. The first-order chi connectivity index (χ1) is 12.3. The van der Waals surface area contributed by atoms with E-state index < -0.39 is 15.0 Å². The summed E-state index contributed by atoms with van der Waals surface area (Å²) in [6.45, 7) is 0. The molecule has 0 unspecified atom stereocenters. The fourth-order valence-electron chi connectivity index (χ4n) is 2.40. The summed E-state index contributed by atoms with van der Waals surface area (Å²) in [5, 5.41) is 19.2. The van der Waals surface area contributed by atoms with E-state index in [1.54, 1.807) is 18.2 Å². The number of rotatable bonds is 4. The fraction of sp³-hybridized carbons (Fsp3) is 0. The van der Waals surface area contributed by atoms with Gasteiger partial charge in [-0.3, -0.25) is 14.7 Å². The number of nitrogens with zero attached hydrogens (tertiary/aromatic N) is 3. The number of anilines is 1. The molecule has 0 atom stereocenters. The molecule has 0 saturated carbocycles. The van der Waals surface area contributed by atoms with Crippen LogP contribution in [0.1, 0.15) is 0 Å². The third-order valence-corrected chi connectivity index (χ3v) is 4.53. The SMILES string of the molecule is Nc1c(N=Nc2ccc([N+](=O)[O-])cc2)cc(S(=O)(=O)O)c2ccccc12. The second kappa shape index (κ2) is 6.50. The zero-order valence-electron chi connectivity index (χ0n) is 13.1. The number of hydrogen-bond acceptors (Lipinski definition) is 7. The van der Waals surface area contributed by atoms with E-state index in [0.29, 0.717) is 11.1 Å². The minimum absolute atomic E-state index is 0.0506. The third kappa shape index (κ3) is 3.36. The number of fused-ring (bicyclic) bond motifs is 1. The van der Waals surface area contributed by atoms with E-state index in [-0.39, 0.29) is 27.3 Å². The zero-order valence-corrected chi connectivity index (χ0v) is 13.9. The number of azo groups is 1. The highest BCUT2D eigenvalue weighted by Gasteiger charge is 2.18. The largest absolute Gasteiger partial charge is 0.396 e. The van der Waals surface area contributed by atoms with Crippen LogP contribution >= 0.6 is 0 Å². The summed E-state index contributed by atoms with van der Waals surface area (Å²) in [6.07, 6.45) is 0. The summed E-state index contributed by atoms with van der Waals surface area (Å²) in [5.41, 5.74) is 6.51. The van der Waals surface area contributed by atoms with Crippen molar-refractivity contribution in [1.29, 1.82) is 0 Å². The van der Waals surface area contributed by atoms with Gasteiger partial charge in [-0.25, -0.2) is 0 Å². The Balaban J connectivity index is 2.10. The minimum Gasteiger partial charge on any atom is -0.396 e. The topological polar surface area (TPSA) is 148 Å². The van der Waals surface area contributed by atoms with Gasteiger partial charge in [0.25, 0.3) is 15.8 Å². The predicted molar refractivity (Wildman–Crippen MR) is 95.4 cm³/mol. The van der Waals surface area contributed by atoms with Gasteiger partial charge in [0.2, 0.25) is 0 Å². The van der Waals surface area contributed by atoms with Crippen molar-refractivity contribution in [2.75, 3.05) is 5.73 Å². The van der Waals surface area contributed by atoms with Gasteiger partial charge >= 0.3 is 0 Å². The standard InChI is InChI=1S/C16H12N4O5S/c17-16-13-4-2-1-3-12(13)15(26(23,24)25)9-14(16)19-18-10-5-7-11(8-6-10)20(21)22/h1-9H,17H2,(H,23,24,25). The van der Waals surface area contributed by atoms with Crippen molar-refractivity contribution < 1.29 is 17.9 Å². The molecule has 0 bridgehead atoms. The first-order valence-corrected chi connectivity index (χ1v) is 8.66. The molecule has 0 saturated heterocycles. The quantitative estimate of drug-likeness (QED) is 0.232. The van der Waals surface area contributed by atoms with E-state index in [0.717, 1.165) is 6.07 Å². The van der Waals surface area contributed by atoms with Crippen molar-refractivity contribution in [3.63, 3.8) is 0 Å². The van der Waals surface area contributed by atoms with Crippen molar-refractivity contribution in [1.82, 2.24) is 0 Å². The highest BCUT2D eigenvalue weighted by molar-refractivity contribution is 7.86. The molecule has 9 nitrogen and oxygen atoms in total. The molecule has 0 fully saturated rings. The second-order valence-corrected chi connectivity index (χ2v) is 6.69. The second-order valence-electron chi connectivity index (χ2n) is 5.30. The smallest absolute Gasteiger partial charge is 0.295 e. The van der Waals surface area contributed by atoms with E-state index in [4.69, 9.17) is 5.73 Å². The summed E-state index contributed by atoms with van der Waals surface area (Å²) in [5.74, 6) is 0. The molecule has 3 N–H and O–H groups in total. The molecule has 0 aliphatic rings. The maximum Gasteiger partial charge on any atom is 0.295 e. The number of nitro benzene ring substituents is 1. The Bertz CT molecular complexity index is 1140. The van der Waals surface area contributed by atoms with Gasteiger partial charge in [-0.2, -0.15) is 13.5 Å². The number of nitrogen functional groups attached to an aromatic ring is 1. The summed E-state index contributed by atoms with van der Waals surface area (Å²) in [4.78, 5) is 9.77. The van der Waals surface area contributed by atoms with E-state index in [9.17, 15) is 23.1 Å². The van der Waals surface area contributed by atoms with E-state index >= 15 is 0 Å². The van der Waals surface area contributed by atoms with Crippen LogP contribution < -0.4 is 5.73 Å². The van der Waals surface area contributed by atoms with Crippen LogP contribution in [0.5, 0.6) is 0 Å². The van der Waals surface area contributed by atoms with Crippen LogP contribution in [0.25, 0.3) is 10.8 Å². The van der Waals surface area contributed by atoms with Crippen molar-refractivity contribution in [2.45, 2.75) is 4.90 Å². The van der Waals surface area contributed by atoms with Gasteiger partial charge in [0.05, 0.1) is 16.3 Å². The van der Waals surface area contributed by atoms with Crippen molar-refractivity contribution in [3.8, 4) is 0 Å². The average Bonchev–Trinajstić information content (AvgIpc) is 2.60. The summed E-state index contributed by atoms with van der Waals surface area (Å²) in [6, 6.07) is 12.9. The Morgan fingerprint density at radius 2 is 1.62 bits per heavy atom. The molecule has 3 rings (SSSR count). The zero-order chi connectivity index (χ0) is 18.9. The van der Waals surface area contributed by atoms with Crippen LogP contribution in [0.4, 0.5) is 22.7 Å². The summed E-state index contributed by atoms with van der Waals surface area (Å²) >= 11 is 0. The normalized spacial score (nSPS) is 11.9. The van der Waals surface area contributed by atoms with Crippen LogP contribution in [0.3, 0.4) is 0 Å². The van der Waals surface area contributed by atoms with E-state index in [2.05, 4.69) is 10.2 Å². The van der Waals surface area contributed by atoms with Crippen molar-refractivity contribution in [3.05, 3.63) is 64.7 Å². The highest BCUT2D eigenvalue weighted by atomic mass is 32.2. The molecule has 0 aromatic heterocycles. The molecule has 132 valence electrons.